The summed E-state index contributed by atoms with van der Waals surface area (Å²) < 4.78 is 13.3. The molecule has 2 heterocycles. The Bertz CT molecular complexity index is 576. The van der Waals surface area contributed by atoms with E-state index >= 15 is 0 Å². The van der Waals surface area contributed by atoms with E-state index in [4.69, 9.17) is 0 Å². The summed E-state index contributed by atoms with van der Waals surface area (Å²) in [5.41, 5.74) is 2.33. The molecule has 0 aromatic heterocycles. The van der Waals surface area contributed by atoms with Gasteiger partial charge in [0.2, 0.25) is 5.91 Å². The molecule has 1 saturated carbocycles. The quantitative estimate of drug-likeness (QED) is 0.857. The van der Waals surface area contributed by atoms with Crippen molar-refractivity contribution in [2.24, 2.45) is 5.92 Å². The van der Waals surface area contributed by atoms with Gasteiger partial charge in [-0.3, -0.25) is 4.79 Å². The van der Waals surface area contributed by atoms with Crippen LogP contribution in [0.2, 0.25) is 0 Å². The summed E-state index contributed by atoms with van der Waals surface area (Å²) in [5, 5.41) is 0. The third kappa shape index (κ3) is 2.71. The minimum Gasteiger partial charge on any atom is -0.368 e. The Hall–Kier alpha value is -1.58. The Balaban J connectivity index is 1.37. The van der Waals surface area contributed by atoms with Crippen molar-refractivity contribution >= 4 is 11.6 Å². The predicted molar refractivity (Wildman–Crippen MR) is 84.4 cm³/mol. The summed E-state index contributed by atoms with van der Waals surface area (Å²) in [4.78, 5) is 16.7. The molecule has 1 aromatic rings. The maximum Gasteiger partial charge on any atom is 0.222 e. The van der Waals surface area contributed by atoms with E-state index in [1.165, 1.54) is 18.5 Å². The number of halogens is 1. The van der Waals surface area contributed by atoms with E-state index in [1.54, 1.807) is 12.1 Å². The van der Waals surface area contributed by atoms with Gasteiger partial charge < -0.3 is 9.80 Å². The monoisotopic (exact) mass is 302 g/mol. The number of piperidine rings is 1. The van der Waals surface area contributed by atoms with E-state index < -0.39 is 0 Å². The van der Waals surface area contributed by atoms with Crippen molar-refractivity contribution in [1.29, 1.82) is 0 Å². The Labute approximate surface area is 131 Å². The van der Waals surface area contributed by atoms with Crippen LogP contribution in [0.25, 0.3) is 0 Å². The molecule has 118 valence electrons. The average molecular weight is 302 g/mol. The molecular formula is C18H23FN2O. The topological polar surface area (TPSA) is 23.6 Å². The Morgan fingerprint density at radius 2 is 1.91 bits per heavy atom. The Morgan fingerprint density at radius 3 is 2.64 bits per heavy atom. The van der Waals surface area contributed by atoms with Crippen molar-refractivity contribution < 1.29 is 9.18 Å². The van der Waals surface area contributed by atoms with Crippen LogP contribution < -0.4 is 4.90 Å². The maximum absolute atomic E-state index is 13.3. The number of anilines is 1. The first-order valence-corrected chi connectivity index (χ1v) is 8.53. The van der Waals surface area contributed by atoms with Crippen LogP contribution in [0.4, 0.5) is 10.1 Å². The summed E-state index contributed by atoms with van der Waals surface area (Å²) >= 11 is 0. The lowest BCUT2D eigenvalue weighted by atomic mass is 10.0. The molecule has 1 aromatic carbocycles. The number of rotatable bonds is 3. The highest BCUT2D eigenvalue weighted by Crippen LogP contribution is 2.35. The van der Waals surface area contributed by atoms with E-state index in [2.05, 4.69) is 9.80 Å². The van der Waals surface area contributed by atoms with Gasteiger partial charge in [0.1, 0.15) is 5.82 Å². The molecule has 3 nitrogen and oxygen atoms in total. The largest absolute Gasteiger partial charge is 0.368 e. The van der Waals surface area contributed by atoms with Crippen LogP contribution in [0, 0.1) is 11.7 Å². The van der Waals surface area contributed by atoms with Crippen LogP contribution in [0.1, 0.15) is 37.7 Å². The van der Waals surface area contributed by atoms with Crippen LogP contribution in [0.15, 0.2) is 18.2 Å². The van der Waals surface area contributed by atoms with Crippen molar-refractivity contribution in [3.05, 3.63) is 29.6 Å². The van der Waals surface area contributed by atoms with Crippen molar-refractivity contribution in [3.8, 4) is 0 Å². The molecule has 4 rings (SSSR count). The lowest BCUT2D eigenvalue weighted by Crippen LogP contribution is -2.46. The van der Waals surface area contributed by atoms with E-state index in [1.807, 2.05) is 6.07 Å². The van der Waals surface area contributed by atoms with Crippen LogP contribution in [0.3, 0.4) is 0 Å². The number of nitrogens with zero attached hydrogens (tertiary/aromatic N) is 2. The molecule has 22 heavy (non-hydrogen) atoms. The lowest BCUT2D eigenvalue weighted by Gasteiger charge is -2.38. The molecule has 1 amide bonds. The van der Waals surface area contributed by atoms with Gasteiger partial charge in [-0.05, 0) is 61.8 Å². The molecule has 0 N–H and O–H groups in total. The number of fused-ring (bicyclic) bond motifs is 1. The molecule has 0 spiro atoms. The van der Waals surface area contributed by atoms with E-state index in [9.17, 15) is 9.18 Å². The van der Waals surface area contributed by atoms with Gasteiger partial charge in [0, 0.05) is 37.8 Å². The average Bonchev–Trinajstić information content (AvgIpc) is 3.24. The zero-order valence-electron chi connectivity index (χ0n) is 12.9. The fraction of sp³-hybridized carbons (Fsp3) is 0.611. The van der Waals surface area contributed by atoms with Gasteiger partial charge in [-0.15, -0.1) is 0 Å². The SMILES string of the molecule is O=C(CC1CC1)N1CCC(N2CCc3cc(F)ccc32)CC1. The molecule has 2 aliphatic heterocycles. The third-order valence-corrected chi connectivity index (χ3v) is 5.39. The molecule has 1 saturated heterocycles. The molecule has 4 heteroatoms. The molecule has 0 unspecified atom stereocenters. The Kier molecular flexibility index (Phi) is 3.55. The van der Waals surface area contributed by atoms with Crippen molar-refractivity contribution in [3.63, 3.8) is 0 Å². The van der Waals surface area contributed by atoms with Crippen LogP contribution in [-0.4, -0.2) is 36.5 Å². The minimum atomic E-state index is -0.138. The standard InChI is InChI=1S/C18H23FN2O/c19-15-3-4-17-14(12-15)5-10-21(17)16-6-8-20(9-7-16)18(22)11-13-1-2-13/h3-4,12-13,16H,1-2,5-11H2. The highest BCUT2D eigenvalue weighted by atomic mass is 19.1. The van der Waals surface area contributed by atoms with E-state index in [0.717, 1.165) is 50.9 Å². The summed E-state index contributed by atoms with van der Waals surface area (Å²) in [6.45, 7) is 2.74. The van der Waals surface area contributed by atoms with E-state index in [-0.39, 0.29) is 5.82 Å². The number of hydrogen-bond donors (Lipinski definition) is 0. The van der Waals surface area contributed by atoms with Gasteiger partial charge in [0.15, 0.2) is 0 Å². The van der Waals surface area contributed by atoms with Crippen LogP contribution >= 0.6 is 0 Å². The molecule has 2 fully saturated rings. The predicted octanol–water partition coefficient (Wildman–Crippen LogP) is 2.98. The normalized spacial score (nSPS) is 22.0. The number of amides is 1. The number of carbonyl (C=O) groups excluding carboxylic acids is 1. The summed E-state index contributed by atoms with van der Waals surface area (Å²) in [7, 11) is 0. The highest BCUT2D eigenvalue weighted by Gasteiger charge is 2.32. The van der Waals surface area contributed by atoms with Gasteiger partial charge in [-0.25, -0.2) is 4.39 Å². The first-order valence-electron chi connectivity index (χ1n) is 8.53. The fourth-order valence-electron chi connectivity index (χ4n) is 3.90. The zero-order valence-corrected chi connectivity index (χ0v) is 12.9. The van der Waals surface area contributed by atoms with Crippen molar-refractivity contribution in [2.75, 3.05) is 24.5 Å². The lowest BCUT2D eigenvalue weighted by molar-refractivity contribution is -0.132. The number of likely N-dealkylation sites (tertiary alicyclic amines) is 1. The van der Waals surface area contributed by atoms with Gasteiger partial charge in [0.25, 0.3) is 0 Å². The number of benzene rings is 1. The number of hydrogen-bond acceptors (Lipinski definition) is 2. The highest BCUT2D eigenvalue weighted by molar-refractivity contribution is 5.77. The second-order valence-electron chi connectivity index (χ2n) is 6.98. The second-order valence-corrected chi connectivity index (χ2v) is 6.98. The fourth-order valence-corrected chi connectivity index (χ4v) is 3.90. The third-order valence-electron chi connectivity index (χ3n) is 5.39. The van der Waals surface area contributed by atoms with Gasteiger partial charge in [0.05, 0.1) is 0 Å². The maximum atomic E-state index is 13.3. The first-order chi connectivity index (χ1) is 10.7. The van der Waals surface area contributed by atoms with E-state index in [0.29, 0.717) is 17.9 Å². The summed E-state index contributed by atoms with van der Waals surface area (Å²) in [5.74, 6) is 0.886. The van der Waals surface area contributed by atoms with Gasteiger partial charge in [-0.1, -0.05) is 0 Å². The number of carbonyl (C=O) groups is 1. The Morgan fingerprint density at radius 1 is 1.14 bits per heavy atom. The molecule has 0 radical (unpaired) electrons. The summed E-state index contributed by atoms with van der Waals surface area (Å²) in [6, 6.07) is 5.65. The zero-order chi connectivity index (χ0) is 15.1. The smallest absolute Gasteiger partial charge is 0.222 e. The van der Waals surface area contributed by atoms with Gasteiger partial charge >= 0.3 is 0 Å². The second kappa shape index (κ2) is 5.56. The summed E-state index contributed by atoms with van der Waals surface area (Å²) in [6.07, 6.45) is 6.25. The van der Waals surface area contributed by atoms with Crippen molar-refractivity contribution in [1.82, 2.24) is 4.90 Å². The van der Waals surface area contributed by atoms with Crippen LogP contribution in [0.5, 0.6) is 0 Å². The molecule has 1 aliphatic carbocycles. The molecule has 3 aliphatic rings. The first kappa shape index (κ1) is 14.0. The van der Waals surface area contributed by atoms with Crippen LogP contribution in [-0.2, 0) is 11.2 Å². The van der Waals surface area contributed by atoms with Crippen molar-refractivity contribution in [2.45, 2.75) is 44.6 Å². The molecule has 0 atom stereocenters. The molecule has 0 bridgehead atoms. The van der Waals surface area contributed by atoms with Gasteiger partial charge in [-0.2, -0.15) is 0 Å². The molecular weight excluding hydrogens is 279 g/mol. The minimum absolute atomic E-state index is 0.138.